The Kier molecular flexibility index (Phi) is 7.31. The Hall–Kier alpha value is -0.200. The molecule has 128 valence electrons. The van der Waals surface area contributed by atoms with Gasteiger partial charge < -0.3 is 25.2 Å². The summed E-state index contributed by atoms with van der Waals surface area (Å²) in [5.41, 5.74) is -2.47. The monoisotopic (exact) mass is 306 g/mol. The lowest BCUT2D eigenvalue weighted by molar-refractivity contribution is -0.376. The summed E-state index contributed by atoms with van der Waals surface area (Å²) in [7, 11) is 0. The van der Waals surface area contributed by atoms with Gasteiger partial charge >= 0.3 is 0 Å². The molecule has 0 aliphatic heterocycles. The minimum atomic E-state index is -2.02. The van der Waals surface area contributed by atoms with Crippen LogP contribution in [-0.2, 0) is 4.74 Å². The van der Waals surface area contributed by atoms with Gasteiger partial charge in [-0.3, -0.25) is 0 Å². The van der Waals surface area contributed by atoms with E-state index in [9.17, 15) is 20.4 Å². The highest BCUT2D eigenvalue weighted by atomic mass is 16.6. The number of rotatable bonds is 10. The Morgan fingerprint density at radius 3 is 0.905 bits per heavy atom. The van der Waals surface area contributed by atoms with E-state index in [1.165, 1.54) is 0 Å². The molecule has 0 aliphatic rings. The molecule has 0 fully saturated rings. The summed E-state index contributed by atoms with van der Waals surface area (Å²) in [6.07, 6.45) is 1.68. The van der Waals surface area contributed by atoms with Gasteiger partial charge in [0, 0.05) is 12.8 Å². The van der Waals surface area contributed by atoms with Gasteiger partial charge in [0.25, 0.3) is 0 Å². The topological polar surface area (TPSA) is 90.2 Å². The molecule has 5 nitrogen and oxygen atoms in total. The fourth-order valence-corrected chi connectivity index (χ4v) is 3.10. The fraction of sp³-hybridized carbons (Fsp3) is 1.00. The van der Waals surface area contributed by atoms with E-state index in [1.54, 1.807) is 13.8 Å². The van der Waals surface area contributed by atoms with E-state index in [0.717, 1.165) is 0 Å². The van der Waals surface area contributed by atoms with Crippen LogP contribution in [-0.4, -0.2) is 43.2 Å². The molecule has 0 aromatic carbocycles. The summed E-state index contributed by atoms with van der Waals surface area (Å²) >= 11 is 0. The second kappa shape index (κ2) is 7.38. The zero-order valence-electron chi connectivity index (χ0n) is 14.4. The predicted octanol–water partition coefficient (Wildman–Crippen LogP) is 2.30. The molecule has 4 N–H and O–H groups in total. The van der Waals surface area contributed by atoms with Gasteiger partial charge in [0.15, 0.2) is 11.6 Å². The molecule has 21 heavy (non-hydrogen) atoms. The van der Waals surface area contributed by atoms with E-state index in [2.05, 4.69) is 0 Å². The quantitative estimate of drug-likeness (QED) is 0.465. The van der Waals surface area contributed by atoms with Crippen molar-refractivity contribution in [2.24, 2.45) is 0 Å². The second-order valence-corrected chi connectivity index (χ2v) is 5.85. The lowest BCUT2D eigenvalue weighted by atomic mass is 9.80. The van der Waals surface area contributed by atoms with Crippen LogP contribution >= 0.6 is 0 Å². The first-order valence-electron chi connectivity index (χ1n) is 8.17. The Labute approximate surface area is 129 Å². The average Bonchev–Trinajstić information content (AvgIpc) is 2.48. The Morgan fingerprint density at radius 2 is 0.762 bits per heavy atom. The first-order chi connectivity index (χ1) is 9.57. The van der Waals surface area contributed by atoms with Crippen LogP contribution < -0.4 is 0 Å². The molecule has 0 saturated carbocycles. The third-order valence-electron chi connectivity index (χ3n) is 5.12. The molecular weight excluding hydrogens is 272 g/mol. The molecule has 0 heterocycles. The number of hydrogen-bond acceptors (Lipinski definition) is 5. The van der Waals surface area contributed by atoms with Gasteiger partial charge in [-0.05, 0) is 25.7 Å². The highest BCUT2D eigenvalue weighted by Crippen LogP contribution is 2.44. The summed E-state index contributed by atoms with van der Waals surface area (Å²) in [6, 6.07) is 0. The van der Waals surface area contributed by atoms with Crippen LogP contribution in [0.1, 0.15) is 80.1 Å². The predicted molar refractivity (Wildman–Crippen MR) is 82.6 cm³/mol. The van der Waals surface area contributed by atoms with E-state index in [-0.39, 0.29) is 12.8 Å². The largest absolute Gasteiger partial charge is 0.363 e. The summed E-state index contributed by atoms with van der Waals surface area (Å²) in [6.45, 7) is 10.6. The van der Waals surface area contributed by atoms with Crippen LogP contribution in [0.3, 0.4) is 0 Å². The van der Waals surface area contributed by atoms with Crippen molar-refractivity contribution in [3.8, 4) is 0 Å². The van der Waals surface area contributed by atoms with Crippen molar-refractivity contribution >= 4 is 0 Å². The Balaban J connectivity index is 5.87. The van der Waals surface area contributed by atoms with E-state index >= 15 is 0 Å². The molecule has 0 spiro atoms. The van der Waals surface area contributed by atoms with Crippen LogP contribution in [0, 0.1) is 0 Å². The van der Waals surface area contributed by atoms with Gasteiger partial charge in [0.1, 0.15) is 11.2 Å². The SMILES string of the molecule is CCC(O)(O)C(CC)(CC)OC(CC)(CC)C(O)(O)CC. The van der Waals surface area contributed by atoms with Crippen LogP contribution in [0.15, 0.2) is 0 Å². The summed E-state index contributed by atoms with van der Waals surface area (Å²) in [5.74, 6) is -4.04. The highest BCUT2D eigenvalue weighted by Gasteiger charge is 2.56. The van der Waals surface area contributed by atoms with Crippen molar-refractivity contribution in [2.75, 3.05) is 0 Å². The van der Waals surface area contributed by atoms with E-state index in [1.807, 2.05) is 27.7 Å². The van der Waals surface area contributed by atoms with Gasteiger partial charge in [-0.15, -0.1) is 0 Å². The average molecular weight is 306 g/mol. The molecule has 0 unspecified atom stereocenters. The maximum absolute atomic E-state index is 10.4. The summed E-state index contributed by atoms with van der Waals surface area (Å²) in [5, 5.41) is 41.6. The van der Waals surface area contributed by atoms with Crippen molar-refractivity contribution < 1.29 is 25.2 Å². The third-order valence-corrected chi connectivity index (χ3v) is 5.12. The minimum Gasteiger partial charge on any atom is -0.363 e. The van der Waals surface area contributed by atoms with Gasteiger partial charge in [0.05, 0.1) is 0 Å². The number of aliphatic hydroxyl groups is 4. The molecule has 5 heteroatoms. The maximum atomic E-state index is 10.4. The van der Waals surface area contributed by atoms with E-state index in [0.29, 0.717) is 25.7 Å². The summed E-state index contributed by atoms with van der Waals surface area (Å²) in [4.78, 5) is 0. The molecule has 0 rings (SSSR count). The van der Waals surface area contributed by atoms with Crippen molar-refractivity contribution in [1.82, 2.24) is 0 Å². The molecule has 0 amide bonds. The smallest absolute Gasteiger partial charge is 0.192 e. The first-order valence-corrected chi connectivity index (χ1v) is 8.17. The van der Waals surface area contributed by atoms with Gasteiger partial charge in [-0.1, -0.05) is 41.5 Å². The number of hydrogen-bond donors (Lipinski definition) is 4. The zero-order chi connectivity index (χ0) is 16.9. The van der Waals surface area contributed by atoms with Crippen LogP contribution in [0.2, 0.25) is 0 Å². The second-order valence-electron chi connectivity index (χ2n) is 5.85. The maximum Gasteiger partial charge on any atom is 0.192 e. The van der Waals surface area contributed by atoms with Crippen molar-refractivity contribution in [1.29, 1.82) is 0 Å². The van der Waals surface area contributed by atoms with Gasteiger partial charge in [-0.2, -0.15) is 0 Å². The molecule has 0 bridgehead atoms. The van der Waals surface area contributed by atoms with Crippen molar-refractivity contribution in [3.63, 3.8) is 0 Å². The van der Waals surface area contributed by atoms with Crippen LogP contribution in [0.4, 0.5) is 0 Å². The minimum absolute atomic E-state index is 0.105. The zero-order valence-corrected chi connectivity index (χ0v) is 14.4. The Bertz CT molecular complexity index is 274. The van der Waals surface area contributed by atoms with Crippen LogP contribution in [0.25, 0.3) is 0 Å². The molecule has 0 saturated heterocycles. The molecule has 0 aromatic rings. The van der Waals surface area contributed by atoms with Crippen molar-refractivity contribution in [3.05, 3.63) is 0 Å². The number of ether oxygens (including phenoxy) is 1. The lowest BCUT2D eigenvalue weighted by Gasteiger charge is -2.52. The molecular formula is C16H34O5. The first kappa shape index (κ1) is 20.8. The molecule has 0 aliphatic carbocycles. The fourth-order valence-electron chi connectivity index (χ4n) is 3.10. The van der Waals surface area contributed by atoms with E-state index < -0.39 is 22.8 Å². The summed E-state index contributed by atoms with van der Waals surface area (Å²) < 4.78 is 6.13. The standard InChI is InChI=1S/C16H34O5/c1-7-13(8-2,15(17,18)11-5)21-14(9-3,10-4)16(19,20)12-6/h17-20H,7-12H2,1-6H3. The molecule has 0 radical (unpaired) electrons. The highest BCUT2D eigenvalue weighted by molar-refractivity contribution is 4.99. The van der Waals surface area contributed by atoms with E-state index in [4.69, 9.17) is 4.74 Å². The third kappa shape index (κ3) is 3.59. The lowest BCUT2D eigenvalue weighted by Crippen LogP contribution is -2.65. The van der Waals surface area contributed by atoms with Crippen LogP contribution in [0.5, 0.6) is 0 Å². The normalized spacial score (nSPS) is 14.6. The molecule has 0 aromatic heterocycles. The van der Waals surface area contributed by atoms with Gasteiger partial charge in [0.2, 0.25) is 0 Å². The van der Waals surface area contributed by atoms with Gasteiger partial charge in [-0.25, -0.2) is 0 Å². The Morgan fingerprint density at radius 1 is 0.524 bits per heavy atom. The molecule has 0 atom stereocenters. The van der Waals surface area contributed by atoms with Crippen molar-refractivity contribution in [2.45, 2.75) is 103 Å².